The van der Waals surface area contributed by atoms with E-state index < -0.39 is 0 Å². The van der Waals surface area contributed by atoms with Crippen LogP contribution in [0.1, 0.15) is 6.92 Å². The molecule has 1 aliphatic rings. The fraction of sp³-hybridized carbons (Fsp3) is 0.143. The molecule has 1 saturated heterocycles. The molecule has 1 rings (SSSR count). The normalized spacial score (nSPS) is 25.6. The second kappa shape index (κ2) is 1.86. The molecule has 1 heteroatoms. The predicted octanol–water partition coefficient (Wildman–Crippen LogP) is 1.56. The van der Waals surface area contributed by atoms with E-state index in [1.807, 2.05) is 19.1 Å². The molecule has 0 spiro atoms. The maximum atomic E-state index is 3.57. The number of hydrogen-bond acceptors (Lipinski definition) is 1. The summed E-state index contributed by atoms with van der Waals surface area (Å²) in [5.41, 5.74) is 2.42. The van der Waals surface area contributed by atoms with Gasteiger partial charge in [0.2, 0.25) is 0 Å². The van der Waals surface area contributed by atoms with Crippen LogP contribution in [0.15, 0.2) is 36.2 Å². The van der Waals surface area contributed by atoms with Gasteiger partial charge in [-0.1, -0.05) is 18.7 Å². The molecule has 1 heterocycles. The van der Waals surface area contributed by atoms with Crippen LogP contribution in [-0.4, -0.2) is 0 Å². The lowest BCUT2D eigenvalue weighted by molar-refractivity contribution is 1.43. The van der Waals surface area contributed by atoms with Crippen LogP contribution in [0.2, 0.25) is 0 Å². The predicted molar refractivity (Wildman–Crippen MR) is 35.2 cm³/mol. The lowest BCUT2D eigenvalue weighted by atomic mass is 10.4. The summed E-state index contributed by atoms with van der Waals surface area (Å²) in [5.74, 6) is 0. The first kappa shape index (κ1) is 5.16. The lowest BCUT2D eigenvalue weighted by Crippen LogP contribution is -1.58. The van der Waals surface area contributed by atoms with Crippen molar-refractivity contribution in [2.24, 2.45) is 0 Å². The maximum Gasteiger partial charge on any atom is 0.0620 e. The molecular weight excluding hydrogens is 98.1 g/mol. The van der Waals surface area contributed by atoms with Crippen LogP contribution < -0.4 is 5.32 Å². The molecular formula is C7H9N. The average Bonchev–Trinajstić information content (AvgIpc) is 2.48. The molecule has 0 aliphatic carbocycles. The molecule has 0 atom stereocenters. The van der Waals surface area contributed by atoms with Crippen molar-refractivity contribution in [1.29, 1.82) is 0 Å². The minimum absolute atomic E-state index is 1.20. The molecule has 0 bridgehead atoms. The molecule has 0 unspecified atom stereocenters. The third-order valence-corrected chi connectivity index (χ3v) is 1.07. The number of nitrogens with one attached hydrogen (secondary N) is 1. The number of hydrogen-bond donors (Lipinski definition) is 1. The Balaban J connectivity index is 2.59. The highest BCUT2D eigenvalue weighted by molar-refractivity contribution is 5.46. The fourth-order valence-corrected chi connectivity index (χ4v) is 0.591. The van der Waals surface area contributed by atoms with E-state index in [2.05, 4.69) is 11.9 Å². The van der Waals surface area contributed by atoms with Gasteiger partial charge in [0.05, 0.1) is 11.4 Å². The van der Waals surface area contributed by atoms with Gasteiger partial charge in [-0.3, -0.25) is 0 Å². The van der Waals surface area contributed by atoms with Crippen LogP contribution in [0.5, 0.6) is 0 Å². The summed E-state index contributed by atoms with van der Waals surface area (Å²) in [7, 11) is 0. The number of allylic oxidation sites excluding steroid dienone is 3. The highest BCUT2D eigenvalue weighted by Gasteiger charge is 2.15. The monoisotopic (exact) mass is 107 g/mol. The van der Waals surface area contributed by atoms with E-state index in [1.54, 1.807) is 6.08 Å². The summed E-state index contributed by atoms with van der Waals surface area (Å²) in [6.45, 7) is 5.57. The topological polar surface area (TPSA) is 21.9 Å². The third-order valence-electron chi connectivity index (χ3n) is 1.07. The van der Waals surface area contributed by atoms with E-state index in [1.165, 1.54) is 11.4 Å². The highest BCUT2D eigenvalue weighted by atomic mass is 15.1. The highest BCUT2D eigenvalue weighted by Crippen LogP contribution is 2.18. The van der Waals surface area contributed by atoms with Crippen molar-refractivity contribution in [3.8, 4) is 0 Å². The summed E-state index contributed by atoms with van der Waals surface area (Å²) in [6.07, 6.45) is 5.77. The zero-order valence-corrected chi connectivity index (χ0v) is 4.94. The van der Waals surface area contributed by atoms with Crippen molar-refractivity contribution in [3.63, 3.8) is 0 Å². The summed E-state index contributed by atoms with van der Waals surface area (Å²) < 4.78 is 0. The van der Waals surface area contributed by atoms with Gasteiger partial charge in [0.25, 0.3) is 0 Å². The Morgan fingerprint density at radius 2 is 2.25 bits per heavy atom. The van der Waals surface area contributed by atoms with Crippen molar-refractivity contribution >= 4 is 0 Å². The van der Waals surface area contributed by atoms with Gasteiger partial charge >= 0.3 is 0 Å². The van der Waals surface area contributed by atoms with E-state index in [0.717, 1.165) is 0 Å². The van der Waals surface area contributed by atoms with Crippen molar-refractivity contribution in [3.05, 3.63) is 36.2 Å². The summed E-state index contributed by atoms with van der Waals surface area (Å²) in [6, 6.07) is 0. The Morgan fingerprint density at radius 1 is 1.50 bits per heavy atom. The Morgan fingerprint density at radius 3 is 2.62 bits per heavy atom. The van der Waals surface area contributed by atoms with E-state index in [9.17, 15) is 0 Å². The zero-order chi connectivity index (χ0) is 5.98. The van der Waals surface area contributed by atoms with E-state index >= 15 is 0 Å². The van der Waals surface area contributed by atoms with Gasteiger partial charge < -0.3 is 5.32 Å². The summed E-state index contributed by atoms with van der Waals surface area (Å²) in [5, 5.41) is 3.07. The van der Waals surface area contributed by atoms with Gasteiger partial charge in [0, 0.05) is 0 Å². The maximum absolute atomic E-state index is 3.57. The van der Waals surface area contributed by atoms with Crippen molar-refractivity contribution in [1.82, 2.24) is 5.32 Å². The molecule has 1 N–H and O–H groups in total. The Labute approximate surface area is 49.4 Å². The van der Waals surface area contributed by atoms with Crippen LogP contribution in [-0.2, 0) is 0 Å². The van der Waals surface area contributed by atoms with E-state index in [-0.39, 0.29) is 0 Å². The minimum atomic E-state index is 1.20. The molecule has 0 aromatic rings. The zero-order valence-electron chi connectivity index (χ0n) is 4.94. The van der Waals surface area contributed by atoms with Crippen LogP contribution >= 0.6 is 0 Å². The largest absolute Gasteiger partial charge is 0.352 e. The van der Waals surface area contributed by atoms with Crippen LogP contribution in [0.3, 0.4) is 0 Å². The van der Waals surface area contributed by atoms with Gasteiger partial charge in [-0.15, -0.1) is 0 Å². The molecule has 0 amide bonds. The molecule has 0 radical (unpaired) electrons. The van der Waals surface area contributed by atoms with Crippen LogP contribution in [0.25, 0.3) is 0 Å². The SMILES string of the molecule is C=C/C=C1/NC1=CC. The standard InChI is InChI=1S/C7H9N/c1-3-5-7-6(4-2)8-7/h3-5,8H,1H2,2H3/b6-4?,7-5+. The third kappa shape index (κ3) is 0.808. The average molecular weight is 107 g/mol. The Bertz CT molecular complexity index is 163. The summed E-state index contributed by atoms with van der Waals surface area (Å²) in [4.78, 5) is 0. The molecule has 42 valence electrons. The molecule has 1 nitrogen and oxygen atoms in total. The van der Waals surface area contributed by atoms with Gasteiger partial charge in [0.15, 0.2) is 0 Å². The first-order valence-electron chi connectivity index (χ1n) is 2.65. The van der Waals surface area contributed by atoms with Crippen LogP contribution in [0.4, 0.5) is 0 Å². The van der Waals surface area contributed by atoms with Gasteiger partial charge in [-0.25, -0.2) is 0 Å². The lowest BCUT2D eigenvalue weighted by Gasteiger charge is -1.59. The molecule has 0 saturated carbocycles. The first-order valence-corrected chi connectivity index (χ1v) is 2.65. The van der Waals surface area contributed by atoms with Crippen LogP contribution in [0, 0.1) is 0 Å². The molecule has 0 aromatic heterocycles. The molecule has 1 fully saturated rings. The van der Waals surface area contributed by atoms with E-state index in [0.29, 0.717) is 0 Å². The quantitative estimate of drug-likeness (QED) is 0.505. The molecule has 8 heavy (non-hydrogen) atoms. The van der Waals surface area contributed by atoms with Gasteiger partial charge in [-0.2, -0.15) is 0 Å². The van der Waals surface area contributed by atoms with Crippen molar-refractivity contribution in [2.75, 3.05) is 0 Å². The van der Waals surface area contributed by atoms with Gasteiger partial charge in [0.1, 0.15) is 0 Å². The van der Waals surface area contributed by atoms with Gasteiger partial charge in [-0.05, 0) is 13.0 Å². The molecule has 1 aliphatic heterocycles. The Kier molecular flexibility index (Phi) is 1.20. The fourth-order valence-electron chi connectivity index (χ4n) is 0.591. The number of rotatable bonds is 1. The van der Waals surface area contributed by atoms with E-state index in [4.69, 9.17) is 0 Å². The smallest absolute Gasteiger partial charge is 0.0620 e. The summed E-state index contributed by atoms with van der Waals surface area (Å²) >= 11 is 0. The first-order chi connectivity index (χ1) is 3.88. The second-order valence-corrected chi connectivity index (χ2v) is 1.64. The second-order valence-electron chi connectivity index (χ2n) is 1.64. The molecule has 0 aromatic carbocycles. The Hall–Kier alpha value is -0.980. The minimum Gasteiger partial charge on any atom is -0.352 e. The van der Waals surface area contributed by atoms with Crippen molar-refractivity contribution in [2.45, 2.75) is 6.92 Å². The van der Waals surface area contributed by atoms with Crippen molar-refractivity contribution < 1.29 is 0 Å².